The molecule has 0 radical (unpaired) electrons. The van der Waals surface area contributed by atoms with Crippen LogP contribution in [0.15, 0.2) is 90.1 Å². The number of aliphatic imine (C=N–C) groups is 1. The summed E-state index contributed by atoms with van der Waals surface area (Å²) >= 11 is 0. The summed E-state index contributed by atoms with van der Waals surface area (Å²) in [6, 6.07) is 24.8. The van der Waals surface area contributed by atoms with Crippen molar-refractivity contribution in [2.45, 2.75) is 6.54 Å². The van der Waals surface area contributed by atoms with E-state index in [4.69, 9.17) is 5.73 Å². The second-order valence-electron chi connectivity index (χ2n) is 7.04. The van der Waals surface area contributed by atoms with Crippen LogP contribution < -0.4 is 16.4 Å². The molecular formula is C24H24IN5O. The van der Waals surface area contributed by atoms with Crippen LogP contribution in [-0.2, 0) is 13.6 Å². The number of aromatic nitrogens is 1. The number of nitrogens with zero attached hydrogens (tertiary/aromatic N) is 2. The van der Waals surface area contributed by atoms with Gasteiger partial charge in [0.25, 0.3) is 0 Å². The molecule has 4 aromatic rings. The van der Waals surface area contributed by atoms with Gasteiger partial charge in [-0.15, -0.1) is 24.0 Å². The van der Waals surface area contributed by atoms with Gasteiger partial charge in [0.15, 0.2) is 0 Å². The maximum absolute atomic E-state index is 12.3. The monoisotopic (exact) mass is 525 g/mol. The second-order valence-corrected chi connectivity index (χ2v) is 7.04. The van der Waals surface area contributed by atoms with Gasteiger partial charge in [0, 0.05) is 41.1 Å². The van der Waals surface area contributed by atoms with Gasteiger partial charge in [0.1, 0.15) is 5.84 Å². The van der Waals surface area contributed by atoms with E-state index in [1.165, 1.54) is 0 Å². The maximum Gasteiger partial charge on any atom is 0.323 e. The van der Waals surface area contributed by atoms with Gasteiger partial charge in [-0.3, -0.25) is 4.99 Å². The standard InChI is InChI=1S/C24H23N5O.HI/c1-29-14-13-19-15-21(11-12-22(19)29)28-24(30)27-20-9-7-18(8-10-20)23(25)26-16-17-5-3-2-4-6-17;/h2-15H,16H2,1H3,(H2,25,26)(H2,27,28,30);1H. The molecule has 0 fully saturated rings. The molecule has 158 valence electrons. The van der Waals surface area contributed by atoms with E-state index >= 15 is 0 Å². The summed E-state index contributed by atoms with van der Waals surface area (Å²) in [6.45, 7) is 0.529. The Labute approximate surface area is 198 Å². The molecule has 3 aromatic carbocycles. The van der Waals surface area contributed by atoms with E-state index in [2.05, 4.69) is 15.6 Å². The van der Waals surface area contributed by atoms with Crippen LogP contribution in [0, 0.1) is 0 Å². The molecule has 31 heavy (non-hydrogen) atoms. The van der Waals surface area contributed by atoms with Gasteiger partial charge < -0.3 is 20.9 Å². The number of hydrogen-bond donors (Lipinski definition) is 3. The predicted molar refractivity (Wildman–Crippen MR) is 138 cm³/mol. The first-order valence-corrected chi connectivity index (χ1v) is 9.66. The van der Waals surface area contributed by atoms with Crippen molar-refractivity contribution in [3.63, 3.8) is 0 Å². The fraction of sp³-hybridized carbons (Fsp3) is 0.0833. The molecule has 0 saturated heterocycles. The zero-order chi connectivity index (χ0) is 20.9. The van der Waals surface area contributed by atoms with Crippen LogP contribution in [0.4, 0.5) is 16.2 Å². The Bertz CT molecular complexity index is 1200. The first-order valence-electron chi connectivity index (χ1n) is 9.66. The highest BCUT2D eigenvalue weighted by molar-refractivity contribution is 14.0. The fourth-order valence-electron chi connectivity index (χ4n) is 3.23. The highest BCUT2D eigenvalue weighted by Gasteiger charge is 2.06. The number of halogens is 1. The number of benzene rings is 3. The summed E-state index contributed by atoms with van der Waals surface area (Å²) in [5.41, 5.74) is 10.5. The van der Waals surface area contributed by atoms with Gasteiger partial charge in [0.2, 0.25) is 0 Å². The number of hydrogen-bond acceptors (Lipinski definition) is 2. The van der Waals surface area contributed by atoms with E-state index in [1.54, 1.807) is 12.1 Å². The number of carbonyl (C=O) groups is 1. The lowest BCUT2D eigenvalue weighted by molar-refractivity contribution is 0.262. The molecular weight excluding hydrogens is 501 g/mol. The van der Waals surface area contributed by atoms with Gasteiger partial charge >= 0.3 is 6.03 Å². The molecule has 0 unspecified atom stereocenters. The Hall–Kier alpha value is -3.33. The Morgan fingerprint density at radius 3 is 2.35 bits per heavy atom. The van der Waals surface area contributed by atoms with Gasteiger partial charge in [-0.1, -0.05) is 30.3 Å². The minimum atomic E-state index is -0.302. The Kier molecular flexibility index (Phi) is 7.30. The number of aryl methyl sites for hydroxylation is 1. The molecule has 0 bridgehead atoms. The Balaban J connectivity index is 0.00000272. The van der Waals surface area contributed by atoms with Crippen LogP contribution in [0.3, 0.4) is 0 Å². The van der Waals surface area contributed by atoms with Gasteiger partial charge in [-0.25, -0.2) is 4.79 Å². The van der Waals surface area contributed by atoms with Crippen molar-refractivity contribution in [2.75, 3.05) is 10.6 Å². The van der Waals surface area contributed by atoms with Crippen molar-refractivity contribution in [3.05, 3.63) is 96.2 Å². The molecule has 0 aliphatic heterocycles. The van der Waals surface area contributed by atoms with Crippen LogP contribution in [0.5, 0.6) is 0 Å². The molecule has 2 amide bonds. The molecule has 1 heterocycles. The number of amidine groups is 1. The van der Waals surface area contributed by atoms with E-state index in [1.807, 2.05) is 84.5 Å². The second kappa shape index (κ2) is 10.1. The van der Waals surface area contributed by atoms with Crippen LogP contribution in [0.2, 0.25) is 0 Å². The van der Waals surface area contributed by atoms with Crippen molar-refractivity contribution in [1.82, 2.24) is 4.57 Å². The van der Waals surface area contributed by atoms with Gasteiger partial charge in [-0.2, -0.15) is 0 Å². The number of urea groups is 1. The highest BCUT2D eigenvalue weighted by Crippen LogP contribution is 2.20. The molecule has 1 aromatic heterocycles. The highest BCUT2D eigenvalue weighted by atomic mass is 127. The van der Waals surface area contributed by atoms with Crippen molar-refractivity contribution in [3.8, 4) is 0 Å². The number of nitrogens with two attached hydrogens (primary N) is 1. The van der Waals surface area contributed by atoms with E-state index in [-0.39, 0.29) is 30.0 Å². The molecule has 0 aliphatic rings. The molecule has 0 atom stereocenters. The molecule has 0 aliphatic carbocycles. The molecule has 0 spiro atoms. The van der Waals surface area contributed by atoms with Crippen molar-refractivity contribution < 1.29 is 4.79 Å². The zero-order valence-electron chi connectivity index (χ0n) is 17.1. The summed E-state index contributed by atoms with van der Waals surface area (Å²) < 4.78 is 2.04. The first kappa shape index (κ1) is 22.4. The molecule has 7 heteroatoms. The van der Waals surface area contributed by atoms with E-state index in [9.17, 15) is 4.79 Å². The minimum absolute atomic E-state index is 0. The lowest BCUT2D eigenvalue weighted by Crippen LogP contribution is -2.19. The number of anilines is 2. The number of amides is 2. The van der Waals surface area contributed by atoms with E-state index in [0.717, 1.165) is 27.7 Å². The minimum Gasteiger partial charge on any atom is -0.383 e. The normalized spacial score (nSPS) is 11.1. The summed E-state index contributed by atoms with van der Waals surface area (Å²) in [5, 5.41) is 6.77. The molecule has 0 saturated carbocycles. The Morgan fingerprint density at radius 2 is 1.61 bits per heavy atom. The summed E-state index contributed by atoms with van der Waals surface area (Å²) in [5.74, 6) is 0.464. The van der Waals surface area contributed by atoms with E-state index < -0.39 is 0 Å². The summed E-state index contributed by atoms with van der Waals surface area (Å²) in [7, 11) is 1.99. The summed E-state index contributed by atoms with van der Waals surface area (Å²) in [4.78, 5) is 16.8. The molecule has 4 N–H and O–H groups in total. The third-order valence-corrected chi connectivity index (χ3v) is 4.86. The van der Waals surface area contributed by atoms with Crippen LogP contribution >= 0.6 is 24.0 Å². The summed E-state index contributed by atoms with van der Waals surface area (Å²) in [6.07, 6.45) is 1.99. The quantitative estimate of drug-likeness (QED) is 0.187. The molecule has 4 rings (SSSR count). The average molecular weight is 525 g/mol. The third-order valence-electron chi connectivity index (χ3n) is 4.86. The third kappa shape index (κ3) is 5.64. The zero-order valence-corrected chi connectivity index (χ0v) is 19.4. The number of rotatable bonds is 5. The smallest absolute Gasteiger partial charge is 0.323 e. The number of nitrogens with one attached hydrogen (secondary N) is 2. The number of fused-ring (bicyclic) bond motifs is 1. The molecule has 6 nitrogen and oxygen atoms in total. The lowest BCUT2D eigenvalue weighted by Gasteiger charge is -2.09. The van der Waals surface area contributed by atoms with E-state index in [0.29, 0.717) is 18.1 Å². The predicted octanol–water partition coefficient (Wildman–Crippen LogP) is 5.35. The van der Waals surface area contributed by atoms with Crippen LogP contribution in [0.1, 0.15) is 11.1 Å². The van der Waals surface area contributed by atoms with Gasteiger partial charge in [0.05, 0.1) is 6.54 Å². The fourth-order valence-corrected chi connectivity index (χ4v) is 3.23. The Morgan fingerprint density at radius 1 is 0.935 bits per heavy atom. The van der Waals surface area contributed by atoms with Crippen molar-refractivity contribution in [1.29, 1.82) is 0 Å². The SMILES string of the molecule is Cn1ccc2cc(NC(=O)Nc3ccc(C(N)=NCc4ccccc4)cc3)ccc21.I. The average Bonchev–Trinajstić information content (AvgIpc) is 3.13. The van der Waals surface area contributed by atoms with Crippen molar-refractivity contribution in [2.24, 2.45) is 17.8 Å². The van der Waals surface area contributed by atoms with Gasteiger partial charge in [-0.05, 0) is 54.1 Å². The van der Waals surface area contributed by atoms with Crippen LogP contribution in [-0.4, -0.2) is 16.4 Å². The lowest BCUT2D eigenvalue weighted by atomic mass is 10.2. The van der Waals surface area contributed by atoms with Crippen molar-refractivity contribution >= 4 is 58.1 Å². The first-order chi connectivity index (χ1) is 14.6. The topological polar surface area (TPSA) is 84.4 Å². The largest absolute Gasteiger partial charge is 0.383 e. The number of carbonyl (C=O) groups excluding carboxylic acids is 1. The maximum atomic E-state index is 12.3. The van der Waals surface area contributed by atoms with Crippen LogP contribution in [0.25, 0.3) is 10.9 Å².